The standard InChI is InChI=1S/C12H7NO4.C10H8O/c14-6-8-5-7-3-1-2-4-9(7)11(13-17)10(8)12(15)16;11-10-7-3-5-8-4-1-2-6-9(8)10/h1-6H,(H,15,16);1-7,11H. The van der Waals surface area contributed by atoms with E-state index in [9.17, 15) is 19.6 Å². The molecule has 0 saturated carbocycles. The van der Waals surface area contributed by atoms with Crippen molar-refractivity contribution >= 4 is 39.5 Å². The number of aromatic carboxylic acids is 1. The third-order valence-electron chi connectivity index (χ3n) is 4.25. The van der Waals surface area contributed by atoms with Crippen LogP contribution in [0.15, 0.2) is 78.0 Å². The third kappa shape index (κ3) is 3.57. The van der Waals surface area contributed by atoms with E-state index in [1.165, 1.54) is 6.07 Å². The van der Waals surface area contributed by atoms with Gasteiger partial charge in [-0.25, -0.2) is 4.79 Å². The summed E-state index contributed by atoms with van der Waals surface area (Å²) in [6, 6.07) is 21.4. The molecule has 0 bridgehead atoms. The van der Waals surface area contributed by atoms with Gasteiger partial charge in [0.1, 0.15) is 11.4 Å². The number of rotatable bonds is 3. The Kier molecular flexibility index (Phi) is 5.41. The number of nitroso groups, excluding NO2 is 1. The number of benzene rings is 4. The number of fused-ring (bicyclic) bond motifs is 2. The zero-order chi connectivity index (χ0) is 20.1. The minimum atomic E-state index is -1.34. The zero-order valence-corrected chi connectivity index (χ0v) is 14.6. The Morgan fingerprint density at radius 1 is 0.857 bits per heavy atom. The molecular formula is C22H15NO5. The molecule has 0 atom stereocenters. The fraction of sp³-hybridized carbons (Fsp3) is 0. The predicted octanol–water partition coefficient (Wildman–Crippen LogP) is 5.29. The molecule has 4 aromatic rings. The molecule has 0 aliphatic carbocycles. The van der Waals surface area contributed by atoms with E-state index in [4.69, 9.17) is 5.11 Å². The van der Waals surface area contributed by atoms with Crippen LogP contribution in [-0.2, 0) is 0 Å². The first-order chi connectivity index (χ1) is 13.6. The van der Waals surface area contributed by atoms with Crippen LogP contribution in [0.4, 0.5) is 5.69 Å². The Bertz CT molecular complexity index is 1190. The lowest BCUT2D eigenvalue weighted by atomic mass is 9.99. The Labute approximate surface area is 159 Å². The fourth-order valence-corrected chi connectivity index (χ4v) is 2.97. The van der Waals surface area contributed by atoms with E-state index in [0.717, 1.165) is 10.8 Å². The van der Waals surface area contributed by atoms with Gasteiger partial charge in [-0.15, -0.1) is 4.91 Å². The Balaban J connectivity index is 0.000000176. The second-order valence-corrected chi connectivity index (χ2v) is 5.92. The minimum Gasteiger partial charge on any atom is -0.507 e. The summed E-state index contributed by atoms with van der Waals surface area (Å²) in [6.07, 6.45) is 0.407. The van der Waals surface area contributed by atoms with Gasteiger partial charge in [-0.3, -0.25) is 4.79 Å². The Morgan fingerprint density at radius 3 is 2.07 bits per heavy atom. The second-order valence-electron chi connectivity index (χ2n) is 5.92. The highest BCUT2D eigenvalue weighted by molar-refractivity contribution is 6.10. The summed E-state index contributed by atoms with van der Waals surface area (Å²) in [5, 5.41) is 24.1. The van der Waals surface area contributed by atoms with Crippen molar-refractivity contribution in [1.82, 2.24) is 0 Å². The van der Waals surface area contributed by atoms with Gasteiger partial charge in [0.05, 0.1) is 5.56 Å². The van der Waals surface area contributed by atoms with E-state index in [1.54, 1.807) is 30.3 Å². The van der Waals surface area contributed by atoms with Gasteiger partial charge in [0.25, 0.3) is 0 Å². The molecule has 0 spiro atoms. The lowest BCUT2D eigenvalue weighted by Crippen LogP contribution is -2.02. The number of nitrogens with zero attached hydrogens (tertiary/aromatic N) is 1. The van der Waals surface area contributed by atoms with Gasteiger partial charge < -0.3 is 10.2 Å². The third-order valence-corrected chi connectivity index (χ3v) is 4.25. The largest absolute Gasteiger partial charge is 0.507 e. The van der Waals surface area contributed by atoms with Crippen LogP contribution >= 0.6 is 0 Å². The van der Waals surface area contributed by atoms with Gasteiger partial charge >= 0.3 is 5.97 Å². The molecule has 0 heterocycles. The van der Waals surface area contributed by atoms with Crippen LogP contribution in [0.2, 0.25) is 0 Å². The first kappa shape index (κ1) is 18.7. The summed E-state index contributed by atoms with van der Waals surface area (Å²) in [5.41, 5.74) is -0.614. The fourth-order valence-electron chi connectivity index (χ4n) is 2.97. The van der Waals surface area contributed by atoms with Gasteiger partial charge in [-0.2, -0.15) is 0 Å². The Morgan fingerprint density at radius 2 is 1.46 bits per heavy atom. The van der Waals surface area contributed by atoms with Crippen molar-refractivity contribution in [2.75, 3.05) is 0 Å². The molecule has 0 aromatic heterocycles. The predicted molar refractivity (Wildman–Crippen MR) is 107 cm³/mol. The van der Waals surface area contributed by atoms with Crippen LogP contribution in [0, 0.1) is 4.91 Å². The number of carbonyl (C=O) groups excluding carboxylic acids is 1. The summed E-state index contributed by atoms with van der Waals surface area (Å²) in [5.74, 6) is -0.990. The molecule has 0 aliphatic rings. The van der Waals surface area contributed by atoms with Gasteiger partial charge in [0.15, 0.2) is 6.29 Å². The number of phenols is 1. The van der Waals surface area contributed by atoms with Crippen LogP contribution < -0.4 is 0 Å². The molecule has 0 amide bonds. The van der Waals surface area contributed by atoms with Gasteiger partial charge in [0, 0.05) is 16.3 Å². The molecule has 0 unspecified atom stereocenters. The summed E-state index contributed by atoms with van der Waals surface area (Å²) < 4.78 is 0. The minimum absolute atomic E-state index is 0.0502. The summed E-state index contributed by atoms with van der Waals surface area (Å²) >= 11 is 0. The lowest BCUT2D eigenvalue weighted by Gasteiger charge is -2.06. The topological polar surface area (TPSA) is 104 Å². The van der Waals surface area contributed by atoms with Crippen molar-refractivity contribution in [2.24, 2.45) is 5.18 Å². The highest BCUT2D eigenvalue weighted by atomic mass is 16.4. The number of carbonyl (C=O) groups is 2. The molecule has 2 N–H and O–H groups in total. The first-order valence-corrected chi connectivity index (χ1v) is 8.31. The molecule has 0 fully saturated rings. The van der Waals surface area contributed by atoms with E-state index >= 15 is 0 Å². The van der Waals surface area contributed by atoms with Crippen molar-refractivity contribution in [1.29, 1.82) is 0 Å². The molecule has 0 radical (unpaired) electrons. The van der Waals surface area contributed by atoms with E-state index in [2.05, 4.69) is 5.18 Å². The lowest BCUT2D eigenvalue weighted by molar-refractivity contribution is 0.0695. The smallest absolute Gasteiger partial charge is 0.338 e. The van der Waals surface area contributed by atoms with Crippen molar-refractivity contribution in [2.45, 2.75) is 0 Å². The van der Waals surface area contributed by atoms with Gasteiger partial charge in [-0.05, 0) is 28.1 Å². The molecular weight excluding hydrogens is 358 g/mol. The quantitative estimate of drug-likeness (QED) is 0.375. The maximum atomic E-state index is 11.0. The number of hydrogen-bond donors (Lipinski definition) is 2. The van der Waals surface area contributed by atoms with Gasteiger partial charge in [0.2, 0.25) is 0 Å². The highest BCUT2D eigenvalue weighted by Crippen LogP contribution is 2.32. The zero-order valence-electron chi connectivity index (χ0n) is 14.6. The molecule has 138 valence electrons. The van der Waals surface area contributed by atoms with Crippen LogP contribution in [0.25, 0.3) is 21.5 Å². The summed E-state index contributed by atoms with van der Waals surface area (Å²) in [4.78, 5) is 32.7. The summed E-state index contributed by atoms with van der Waals surface area (Å²) in [6.45, 7) is 0. The van der Waals surface area contributed by atoms with E-state index in [0.29, 0.717) is 22.8 Å². The number of carboxylic acids is 1. The molecule has 6 nitrogen and oxygen atoms in total. The van der Waals surface area contributed by atoms with Crippen LogP contribution in [0.3, 0.4) is 0 Å². The monoisotopic (exact) mass is 373 g/mol. The van der Waals surface area contributed by atoms with E-state index < -0.39 is 5.97 Å². The van der Waals surface area contributed by atoms with Crippen LogP contribution in [0.5, 0.6) is 5.75 Å². The molecule has 0 saturated heterocycles. The Hall–Kier alpha value is -4.06. The maximum absolute atomic E-state index is 11.0. The average Bonchev–Trinajstić information content (AvgIpc) is 2.73. The number of carboxylic acid groups (broad SMARTS) is 1. The molecule has 6 heteroatoms. The SMILES string of the molecule is O=Cc1cc2ccccc2c(N=O)c1C(=O)O.Oc1cccc2ccccc12. The van der Waals surface area contributed by atoms with Gasteiger partial charge in [-0.1, -0.05) is 60.7 Å². The molecule has 4 rings (SSSR count). The number of aromatic hydroxyl groups is 1. The van der Waals surface area contributed by atoms with E-state index in [-0.39, 0.29) is 16.8 Å². The van der Waals surface area contributed by atoms with Crippen molar-refractivity contribution in [3.63, 3.8) is 0 Å². The van der Waals surface area contributed by atoms with Crippen molar-refractivity contribution in [3.8, 4) is 5.75 Å². The number of aldehydes is 1. The van der Waals surface area contributed by atoms with Crippen molar-refractivity contribution < 1.29 is 19.8 Å². The van der Waals surface area contributed by atoms with Crippen LogP contribution in [-0.4, -0.2) is 22.5 Å². The second kappa shape index (κ2) is 8.09. The molecule has 4 aromatic carbocycles. The van der Waals surface area contributed by atoms with E-state index in [1.807, 2.05) is 36.4 Å². The highest BCUT2D eigenvalue weighted by Gasteiger charge is 2.19. The molecule has 0 aliphatic heterocycles. The maximum Gasteiger partial charge on any atom is 0.338 e. The normalized spacial score (nSPS) is 10.1. The molecule has 28 heavy (non-hydrogen) atoms. The number of phenolic OH excluding ortho intramolecular Hbond substituents is 1. The summed E-state index contributed by atoms with van der Waals surface area (Å²) in [7, 11) is 0. The first-order valence-electron chi connectivity index (χ1n) is 8.31. The number of hydrogen-bond acceptors (Lipinski definition) is 5. The van der Waals surface area contributed by atoms with Crippen LogP contribution in [0.1, 0.15) is 20.7 Å². The average molecular weight is 373 g/mol. The van der Waals surface area contributed by atoms with Crippen molar-refractivity contribution in [3.05, 3.63) is 88.8 Å².